The first-order chi connectivity index (χ1) is 43.6. The van der Waals surface area contributed by atoms with Crippen LogP contribution in [0.4, 0.5) is 0 Å². The van der Waals surface area contributed by atoms with Crippen LogP contribution in [0.3, 0.4) is 0 Å². The summed E-state index contributed by atoms with van der Waals surface area (Å²) >= 11 is 0. The van der Waals surface area contributed by atoms with Crippen LogP contribution in [0.2, 0.25) is 0 Å². The van der Waals surface area contributed by atoms with E-state index < -0.39 is 204 Å². The van der Waals surface area contributed by atoms with Crippen LogP contribution in [0.15, 0.2) is 12.5 Å². The number of carboxylic acid groups (broad SMARTS) is 2. The summed E-state index contributed by atoms with van der Waals surface area (Å²) in [6.45, 7) is 5.03. The molecular formula is C54H82N16O18S4. The SMILES string of the molecule is CC(C)C[C@@H]1NC(=O)[C@H](CCCCN)NC(=O)[C@H](CCC(=O)O)NC(=O)CNC(=O)[C@@H]2CSSC[C@H](NC1=O)C(=O)N[C@@H](Cc1cnc[nH]1)C(=O)N1CC[C@H](O)[C@H]1C(=O)N[C@H](C(=O)O)CSSC[C@H](NC(=O)[C@@H](NC(=O)CNC(=O)[C@@H]1CCC(=O)N1)C(C)C)C(=O)N2. The maximum Gasteiger partial charge on any atom is 0.327 e. The Kier molecular flexibility index (Phi) is 30.5. The Bertz CT molecular complexity index is 2840. The van der Waals surface area contributed by atoms with Crippen LogP contribution in [-0.4, -0.2) is 241 Å². The van der Waals surface area contributed by atoms with E-state index in [1.807, 2.05) is 0 Å². The number of unbranched alkanes of at least 4 members (excludes halogenated alkanes) is 1. The van der Waals surface area contributed by atoms with Crippen LogP contribution in [0, 0.1) is 11.8 Å². The van der Waals surface area contributed by atoms with Gasteiger partial charge in [0.1, 0.15) is 66.5 Å². The van der Waals surface area contributed by atoms with Gasteiger partial charge in [0.25, 0.3) is 0 Å². The zero-order valence-corrected chi connectivity index (χ0v) is 54.3. The summed E-state index contributed by atoms with van der Waals surface area (Å²) in [7, 11) is 3.38. The van der Waals surface area contributed by atoms with Crippen molar-refractivity contribution in [1.82, 2.24) is 78.7 Å². The average Bonchev–Trinajstić information content (AvgIpc) is 1.64. The number of aliphatic hydroxyl groups is 1. The number of aliphatic hydroxyl groups excluding tert-OH is 1. The Morgan fingerprint density at radius 3 is 1.93 bits per heavy atom. The molecule has 0 aliphatic carbocycles. The van der Waals surface area contributed by atoms with Gasteiger partial charge in [0.05, 0.1) is 25.5 Å². The molecule has 2 bridgehead atoms. The maximum atomic E-state index is 14.9. The van der Waals surface area contributed by atoms with Gasteiger partial charge in [-0.15, -0.1) is 0 Å². The highest BCUT2D eigenvalue weighted by Gasteiger charge is 2.45. The fourth-order valence-corrected chi connectivity index (χ4v) is 14.5. The average molecular weight is 1370 g/mol. The Labute approximate surface area is 544 Å². The molecule has 0 saturated carbocycles. The first-order valence-corrected chi connectivity index (χ1v) is 34.8. The van der Waals surface area contributed by atoms with Crippen molar-refractivity contribution in [3.05, 3.63) is 18.2 Å². The van der Waals surface area contributed by atoms with Crippen molar-refractivity contribution in [2.45, 2.75) is 164 Å². The van der Waals surface area contributed by atoms with Crippen LogP contribution < -0.4 is 69.5 Å². The molecule has 12 atom stereocenters. The standard InChI is InChI=1S/C54H82N16O18S4/c1-25(2)15-31-48(81)66-34-21-90-89-20-33(45(78)58-18-39(73)61-30(9-11-41(75)76)47(80)62-28(46(79)63-31)7-5-6-13-55)65-50(83)35(67-51(84)42(26(3)4)69-40(74)19-57-44(77)29-8-10-38(72)60-29)22-91-92-23-36(54(87)88)68-52(85)43-37(71)12-14-70(43)53(86)32(64-49(34)82)16-27-17-56-24-59-27/h17,24-26,28-37,42-43,71H,5-16,18-23,55H2,1-4H3,(H,56,59)(H,57,77)(H,58,78)(H,60,72)(H,61,73)(H,62,80)(H,63,79)(H,64,82)(H,65,83)(H,66,81)(H,67,84)(H,68,85)(H,69,74)(H,75,76)(H,87,88)/t28-,29-,30-,31-,32-,33-,34-,35-,36-,37-,42-,43-/m0/s1. The second-order valence-electron chi connectivity index (χ2n) is 22.9. The van der Waals surface area contributed by atoms with E-state index >= 15 is 0 Å². The molecule has 4 fully saturated rings. The topological polar surface area (TPSA) is 519 Å². The lowest BCUT2D eigenvalue weighted by atomic mass is 10.0. The van der Waals surface area contributed by atoms with Crippen molar-refractivity contribution in [3.8, 4) is 0 Å². The summed E-state index contributed by atoms with van der Waals surface area (Å²) in [5, 5.41) is 61.4. The Balaban J connectivity index is 1.59. The molecule has 510 valence electrons. The molecule has 1 aromatic rings. The zero-order chi connectivity index (χ0) is 67.8. The van der Waals surface area contributed by atoms with E-state index in [0.717, 1.165) is 48.1 Å². The molecule has 18 N–H and O–H groups in total. The number of fused-ring (bicyclic) bond motifs is 6. The first kappa shape index (κ1) is 75.3. The predicted octanol–water partition coefficient (Wildman–Crippen LogP) is -5.64. The van der Waals surface area contributed by atoms with E-state index in [4.69, 9.17) is 5.73 Å². The van der Waals surface area contributed by atoms with E-state index in [-0.39, 0.29) is 75.6 Å². The van der Waals surface area contributed by atoms with Crippen molar-refractivity contribution in [1.29, 1.82) is 0 Å². The highest BCUT2D eigenvalue weighted by Crippen LogP contribution is 2.27. The van der Waals surface area contributed by atoms with Gasteiger partial charge in [-0.1, -0.05) is 70.9 Å². The lowest BCUT2D eigenvalue weighted by molar-refractivity contribution is -0.146. The molecule has 38 heteroatoms. The molecule has 1 aromatic heterocycles. The summed E-state index contributed by atoms with van der Waals surface area (Å²) in [6, 6.07) is -16.6. The number of aromatic nitrogens is 2. The third kappa shape index (κ3) is 23.9. The number of rotatable bonds is 19. The number of H-pyrrole nitrogens is 1. The molecule has 5 heterocycles. The van der Waals surface area contributed by atoms with Crippen LogP contribution in [0.1, 0.15) is 91.2 Å². The van der Waals surface area contributed by atoms with Crippen LogP contribution in [0.25, 0.3) is 0 Å². The summed E-state index contributed by atoms with van der Waals surface area (Å²) < 4.78 is 0. The van der Waals surface area contributed by atoms with Gasteiger partial charge in [-0.3, -0.25) is 67.1 Å². The molecule has 13 amide bonds. The van der Waals surface area contributed by atoms with E-state index in [0.29, 0.717) is 12.1 Å². The smallest absolute Gasteiger partial charge is 0.327 e. The van der Waals surface area contributed by atoms with Gasteiger partial charge in [-0.2, -0.15) is 0 Å². The monoisotopic (exact) mass is 1370 g/mol. The Morgan fingerprint density at radius 2 is 1.32 bits per heavy atom. The number of hydrogen-bond donors (Lipinski definition) is 17. The van der Waals surface area contributed by atoms with Gasteiger partial charge in [0.15, 0.2) is 0 Å². The summed E-state index contributed by atoms with van der Waals surface area (Å²) in [5.41, 5.74) is 6.06. The number of hydrogen-bond acceptors (Lipinski definition) is 22. The van der Waals surface area contributed by atoms with Crippen LogP contribution in [-0.2, 0) is 78.3 Å². The largest absolute Gasteiger partial charge is 0.481 e. The van der Waals surface area contributed by atoms with Crippen molar-refractivity contribution >= 4 is 132 Å². The van der Waals surface area contributed by atoms with Gasteiger partial charge >= 0.3 is 11.9 Å². The van der Waals surface area contributed by atoms with Gasteiger partial charge in [-0.25, -0.2) is 9.78 Å². The van der Waals surface area contributed by atoms with E-state index in [9.17, 15) is 87.2 Å². The molecule has 4 aliphatic rings. The van der Waals surface area contributed by atoms with Crippen molar-refractivity contribution in [3.63, 3.8) is 0 Å². The van der Waals surface area contributed by atoms with Gasteiger partial charge in [0, 0.05) is 60.7 Å². The van der Waals surface area contributed by atoms with Crippen molar-refractivity contribution in [2.75, 3.05) is 49.2 Å². The predicted molar refractivity (Wildman–Crippen MR) is 335 cm³/mol. The number of carbonyl (C=O) groups is 15. The molecule has 0 radical (unpaired) electrons. The van der Waals surface area contributed by atoms with E-state index in [1.54, 1.807) is 27.7 Å². The molecule has 0 unspecified atom stereocenters. The summed E-state index contributed by atoms with van der Waals surface area (Å²) in [6.07, 6.45) is 0.341. The van der Waals surface area contributed by atoms with Crippen LogP contribution >= 0.6 is 43.2 Å². The van der Waals surface area contributed by atoms with Gasteiger partial charge in [0.2, 0.25) is 76.8 Å². The van der Waals surface area contributed by atoms with Gasteiger partial charge < -0.3 is 94.7 Å². The first-order valence-electron chi connectivity index (χ1n) is 29.8. The number of aliphatic carboxylic acids is 2. The second-order valence-corrected chi connectivity index (χ2v) is 28.0. The minimum atomic E-state index is -1.72. The van der Waals surface area contributed by atoms with Crippen LogP contribution in [0.5, 0.6) is 0 Å². The molecule has 0 aromatic carbocycles. The summed E-state index contributed by atoms with van der Waals surface area (Å²) in [5.74, 6) is -17.3. The fourth-order valence-electron chi connectivity index (χ4n) is 9.82. The number of carboxylic acids is 2. The third-order valence-electron chi connectivity index (χ3n) is 14.8. The highest BCUT2D eigenvalue weighted by atomic mass is 33.1. The minimum absolute atomic E-state index is 0.0518. The van der Waals surface area contributed by atoms with E-state index in [2.05, 4.69) is 73.8 Å². The van der Waals surface area contributed by atoms with Crippen molar-refractivity contribution in [2.24, 2.45) is 17.6 Å². The molecule has 92 heavy (non-hydrogen) atoms. The lowest BCUT2D eigenvalue weighted by Gasteiger charge is -2.31. The number of nitrogens with two attached hydrogens (primary N) is 1. The third-order valence-corrected chi connectivity index (χ3v) is 19.6. The normalized spacial score (nSPS) is 26.9. The molecule has 34 nitrogen and oxygen atoms in total. The van der Waals surface area contributed by atoms with Crippen molar-refractivity contribution < 1.29 is 87.2 Å². The number of imidazole rings is 1. The molecule has 0 spiro atoms. The molecular weight excluding hydrogens is 1290 g/mol. The second kappa shape index (κ2) is 37.3. The number of carbonyl (C=O) groups excluding carboxylic acids is 13. The molecule has 5 rings (SSSR count). The molecule has 4 saturated heterocycles. The molecule has 4 aliphatic heterocycles. The Hall–Kier alpha value is -7.42. The summed E-state index contributed by atoms with van der Waals surface area (Å²) in [4.78, 5) is 214. The fraction of sp³-hybridized carbons (Fsp3) is 0.667. The number of nitrogens with zero attached hydrogens (tertiary/aromatic N) is 2. The van der Waals surface area contributed by atoms with E-state index in [1.165, 1.54) is 12.5 Å². The lowest BCUT2D eigenvalue weighted by Crippen LogP contribution is -2.61. The number of amides is 13. The minimum Gasteiger partial charge on any atom is -0.481 e. The Morgan fingerprint density at radius 1 is 0.685 bits per heavy atom. The maximum absolute atomic E-state index is 14.9. The number of aromatic amines is 1. The highest BCUT2D eigenvalue weighted by molar-refractivity contribution is 8.77. The van der Waals surface area contributed by atoms with Gasteiger partial charge in [-0.05, 0) is 63.3 Å². The number of nitrogens with one attached hydrogen (secondary N) is 13. The quantitative estimate of drug-likeness (QED) is 0.0453. The zero-order valence-electron chi connectivity index (χ0n) is 51.0.